The van der Waals surface area contributed by atoms with Crippen LogP contribution in [-0.2, 0) is 16.7 Å². The van der Waals surface area contributed by atoms with Crippen LogP contribution in [0.25, 0.3) is 0 Å². The predicted molar refractivity (Wildman–Crippen MR) is 108 cm³/mol. The summed E-state index contributed by atoms with van der Waals surface area (Å²) < 4.78 is 28.4. The molecular formula is C20H24ClNO4S. The van der Waals surface area contributed by atoms with E-state index < -0.39 is 10.1 Å². The number of nitrogens with zero attached hydrogens (tertiary/aromatic N) is 1. The summed E-state index contributed by atoms with van der Waals surface area (Å²) in [5.41, 5.74) is 1.22. The summed E-state index contributed by atoms with van der Waals surface area (Å²) in [5, 5.41) is 0.405. The van der Waals surface area contributed by atoms with Crippen molar-refractivity contribution in [3.63, 3.8) is 0 Å². The van der Waals surface area contributed by atoms with Gasteiger partial charge in [-0.05, 0) is 50.1 Å². The quantitative estimate of drug-likeness (QED) is 0.602. The molecule has 2 rings (SSSR count). The summed E-state index contributed by atoms with van der Waals surface area (Å²) in [6.07, 6.45) is 0.774. The van der Waals surface area contributed by atoms with E-state index in [1.807, 2.05) is 19.9 Å². The molecule has 2 aromatic rings. The molecule has 0 spiro atoms. The van der Waals surface area contributed by atoms with Crippen molar-refractivity contribution in [3.05, 3.63) is 64.7 Å². The van der Waals surface area contributed by atoms with Gasteiger partial charge in [0.05, 0.1) is 16.3 Å². The first-order chi connectivity index (χ1) is 12.8. The first-order valence-electron chi connectivity index (χ1n) is 8.84. The maximum Gasteiger partial charge on any atom is 0.308 e. The summed E-state index contributed by atoms with van der Waals surface area (Å²) in [7, 11) is -3.60. The maximum atomic E-state index is 13.0. The molecule has 0 unspecified atom stereocenters. The molecule has 27 heavy (non-hydrogen) atoms. The highest BCUT2D eigenvalue weighted by Crippen LogP contribution is 2.23. The molecule has 0 fully saturated rings. The molecule has 1 atom stereocenters. The number of carbonyl (C=O) groups is 1. The molecule has 7 heteroatoms. The van der Waals surface area contributed by atoms with E-state index in [4.69, 9.17) is 15.8 Å². The number of amides is 1. The topological polar surface area (TPSA) is 63.7 Å². The van der Waals surface area contributed by atoms with Gasteiger partial charge in [-0.25, -0.2) is 0 Å². The van der Waals surface area contributed by atoms with Crippen molar-refractivity contribution in [2.24, 2.45) is 0 Å². The van der Waals surface area contributed by atoms with E-state index in [9.17, 15) is 13.2 Å². The Balaban J connectivity index is 2.29. The van der Waals surface area contributed by atoms with Gasteiger partial charge in [0.1, 0.15) is 5.75 Å². The number of rotatable bonds is 8. The molecule has 0 aliphatic carbocycles. The zero-order valence-corrected chi connectivity index (χ0v) is 17.3. The molecule has 0 bridgehead atoms. The number of hydrogen-bond donors (Lipinski definition) is 0. The van der Waals surface area contributed by atoms with Crippen LogP contribution in [0, 0.1) is 0 Å². The van der Waals surface area contributed by atoms with Gasteiger partial charge in [0.2, 0.25) is 0 Å². The van der Waals surface area contributed by atoms with Crippen molar-refractivity contribution in [1.82, 2.24) is 4.90 Å². The van der Waals surface area contributed by atoms with E-state index in [1.165, 1.54) is 6.92 Å². The van der Waals surface area contributed by atoms with Gasteiger partial charge in [-0.3, -0.25) is 4.79 Å². The van der Waals surface area contributed by atoms with Crippen molar-refractivity contribution < 1.29 is 17.4 Å². The SMILES string of the molecule is CC[C@H](C)N(Cc1cccc(OS(=O)(=O)CC)c1)C(=O)c1ccccc1Cl. The van der Waals surface area contributed by atoms with Gasteiger partial charge >= 0.3 is 10.1 Å². The van der Waals surface area contributed by atoms with Gasteiger partial charge in [-0.1, -0.05) is 42.8 Å². The fraction of sp³-hybridized carbons (Fsp3) is 0.350. The lowest BCUT2D eigenvalue weighted by atomic mass is 10.1. The van der Waals surface area contributed by atoms with Gasteiger partial charge in [0.15, 0.2) is 0 Å². The zero-order chi connectivity index (χ0) is 20.0. The molecule has 0 heterocycles. The van der Waals surface area contributed by atoms with E-state index in [0.717, 1.165) is 12.0 Å². The van der Waals surface area contributed by atoms with Gasteiger partial charge < -0.3 is 9.08 Å². The number of benzene rings is 2. The Hall–Kier alpha value is -2.05. The van der Waals surface area contributed by atoms with Crippen LogP contribution in [0.2, 0.25) is 5.02 Å². The van der Waals surface area contributed by atoms with Crippen LogP contribution in [0.4, 0.5) is 0 Å². The molecule has 2 aromatic carbocycles. The normalized spacial score (nSPS) is 12.4. The second-order valence-corrected chi connectivity index (χ2v) is 8.51. The van der Waals surface area contributed by atoms with Crippen molar-refractivity contribution in [2.45, 2.75) is 39.8 Å². The molecule has 0 aliphatic heterocycles. The number of carbonyl (C=O) groups excluding carboxylic acids is 1. The lowest BCUT2D eigenvalue weighted by Crippen LogP contribution is -2.38. The Kier molecular flexibility index (Phi) is 7.27. The summed E-state index contributed by atoms with van der Waals surface area (Å²) in [6, 6.07) is 13.7. The molecule has 0 radical (unpaired) electrons. The largest absolute Gasteiger partial charge is 0.382 e. The molecule has 5 nitrogen and oxygen atoms in total. The van der Waals surface area contributed by atoms with Crippen molar-refractivity contribution in [2.75, 3.05) is 5.75 Å². The average Bonchev–Trinajstić information content (AvgIpc) is 2.65. The van der Waals surface area contributed by atoms with Gasteiger partial charge in [0.25, 0.3) is 5.91 Å². The highest BCUT2D eigenvalue weighted by molar-refractivity contribution is 7.87. The Morgan fingerprint density at radius 3 is 2.48 bits per heavy atom. The minimum atomic E-state index is -3.60. The van der Waals surface area contributed by atoms with E-state index in [0.29, 0.717) is 17.1 Å². The second kappa shape index (κ2) is 9.24. The highest BCUT2D eigenvalue weighted by Gasteiger charge is 2.23. The van der Waals surface area contributed by atoms with Crippen LogP contribution in [0.1, 0.15) is 43.1 Å². The Morgan fingerprint density at radius 1 is 1.15 bits per heavy atom. The minimum absolute atomic E-state index is 0.0160. The van der Waals surface area contributed by atoms with E-state index in [1.54, 1.807) is 47.4 Å². The third kappa shape index (κ3) is 5.71. The van der Waals surface area contributed by atoms with Crippen LogP contribution in [-0.4, -0.2) is 31.0 Å². The van der Waals surface area contributed by atoms with Crippen LogP contribution in [0.15, 0.2) is 48.5 Å². The van der Waals surface area contributed by atoms with Gasteiger partial charge in [0, 0.05) is 12.6 Å². The third-order valence-corrected chi connectivity index (χ3v) is 5.80. The van der Waals surface area contributed by atoms with E-state index in [-0.39, 0.29) is 23.5 Å². The average molecular weight is 410 g/mol. The molecule has 0 aromatic heterocycles. The summed E-state index contributed by atoms with van der Waals surface area (Å²) in [6.45, 7) is 5.82. The summed E-state index contributed by atoms with van der Waals surface area (Å²) >= 11 is 6.19. The Labute approximate surface area is 166 Å². The first kappa shape index (κ1) is 21.3. The van der Waals surface area contributed by atoms with Crippen LogP contribution in [0.5, 0.6) is 5.75 Å². The van der Waals surface area contributed by atoms with Gasteiger partial charge in [-0.15, -0.1) is 0 Å². The minimum Gasteiger partial charge on any atom is -0.382 e. The summed E-state index contributed by atoms with van der Waals surface area (Å²) in [4.78, 5) is 14.8. The number of halogens is 1. The first-order valence-corrected chi connectivity index (χ1v) is 10.8. The van der Waals surface area contributed by atoms with Crippen LogP contribution < -0.4 is 4.18 Å². The molecule has 0 saturated carbocycles. The highest BCUT2D eigenvalue weighted by atomic mass is 35.5. The lowest BCUT2D eigenvalue weighted by Gasteiger charge is -2.29. The molecule has 146 valence electrons. The Morgan fingerprint density at radius 2 is 1.85 bits per heavy atom. The van der Waals surface area contributed by atoms with E-state index >= 15 is 0 Å². The monoisotopic (exact) mass is 409 g/mol. The van der Waals surface area contributed by atoms with E-state index in [2.05, 4.69) is 0 Å². The van der Waals surface area contributed by atoms with Crippen molar-refractivity contribution in [1.29, 1.82) is 0 Å². The van der Waals surface area contributed by atoms with Gasteiger partial charge in [-0.2, -0.15) is 8.42 Å². The smallest absolute Gasteiger partial charge is 0.308 e. The van der Waals surface area contributed by atoms with Crippen LogP contribution in [0.3, 0.4) is 0 Å². The van der Waals surface area contributed by atoms with Crippen molar-refractivity contribution in [3.8, 4) is 5.75 Å². The molecule has 0 N–H and O–H groups in total. The number of hydrogen-bond acceptors (Lipinski definition) is 4. The third-order valence-electron chi connectivity index (χ3n) is 4.32. The molecular weight excluding hydrogens is 386 g/mol. The molecule has 0 saturated heterocycles. The summed E-state index contributed by atoms with van der Waals surface area (Å²) in [5.74, 6) is -0.0348. The fourth-order valence-corrected chi connectivity index (χ4v) is 3.27. The predicted octanol–water partition coefficient (Wildman–Crippen LogP) is 4.51. The molecule has 0 aliphatic rings. The molecule has 1 amide bonds. The maximum absolute atomic E-state index is 13.0. The Bertz CT molecular complexity index is 898. The zero-order valence-electron chi connectivity index (χ0n) is 15.7. The van der Waals surface area contributed by atoms with Crippen LogP contribution >= 0.6 is 11.6 Å². The second-order valence-electron chi connectivity index (χ2n) is 6.25. The standard InChI is InChI=1S/C20H24ClNO4S/c1-4-15(3)22(20(23)18-11-6-7-12-19(18)21)14-16-9-8-10-17(13-16)26-27(24,25)5-2/h6-13,15H,4-5,14H2,1-3H3/t15-/m0/s1. The van der Waals surface area contributed by atoms with Crippen molar-refractivity contribution >= 4 is 27.6 Å². The lowest BCUT2D eigenvalue weighted by molar-refractivity contribution is 0.0671. The fourth-order valence-electron chi connectivity index (χ4n) is 2.54.